The van der Waals surface area contributed by atoms with E-state index in [2.05, 4.69) is 15.2 Å². The third-order valence-corrected chi connectivity index (χ3v) is 6.80. The van der Waals surface area contributed by atoms with E-state index in [1.165, 1.54) is 11.8 Å². The first-order valence-corrected chi connectivity index (χ1v) is 11.4. The van der Waals surface area contributed by atoms with Gasteiger partial charge in [-0.15, -0.1) is 5.10 Å². The van der Waals surface area contributed by atoms with Crippen LogP contribution in [0.25, 0.3) is 11.4 Å². The van der Waals surface area contributed by atoms with Gasteiger partial charge < -0.3 is 0 Å². The van der Waals surface area contributed by atoms with Crippen LogP contribution >= 0.6 is 35.1 Å². The van der Waals surface area contributed by atoms with Crippen LogP contribution in [-0.4, -0.2) is 26.8 Å². The summed E-state index contributed by atoms with van der Waals surface area (Å²) in [6, 6.07) is 23.3. The van der Waals surface area contributed by atoms with Crippen molar-refractivity contribution in [1.82, 2.24) is 15.2 Å². The van der Waals surface area contributed by atoms with Gasteiger partial charge in [-0.1, -0.05) is 59.4 Å². The van der Waals surface area contributed by atoms with Crippen LogP contribution in [0.15, 0.2) is 87.7 Å². The van der Waals surface area contributed by atoms with Crippen LogP contribution in [0.4, 0.5) is 11.4 Å². The van der Waals surface area contributed by atoms with Gasteiger partial charge in [-0.3, -0.25) is 14.8 Å². The van der Waals surface area contributed by atoms with Crippen molar-refractivity contribution < 1.29 is 4.79 Å². The molecule has 30 heavy (non-hydrogen) atoms. The molecule has 1 N–H and O–H groups in total. The third-order valence-electron chi connectivity index (χ3n) is 4.59. The number of halogens is 1. The number of aromatic amines is 1. The van der Waals surface area contributed by atoms with Gasteiger partial charge in [0.15, 0.2) is 5.82 Å². The van der Waals surface area contributed by atoms with E-state index in [0.717, 1.165) is 26.7 Å². The lowest BCUT2D eigenvalue weighted by Crippen LogP contribution is -2.30. The minimum Gasteiger partial charge on any atom is -0.278 e. The van der Waals surface area contributed by atoms with Crippen molar-refractivity contribution in [2.24, 2.45) is 0 Å². The quantitative estimate of drug-likeness (QED) is 0.383. The van der Waals surface area contributed by atoms with E-state index in [0.29, 0.717) is 16.0 Å². The second-order valence-corrected chi connectivity index (χ2v) is 8.99. The molecule has 1 aliphatic heterocycles. The van der Waals surface area contributed by atoms with Crippen molar-refractivity contribution in [1.29, 1.82) is 0 Å². The molecule has 0 saturated carbocycles. The summed E-state index contributed by atoms with van der Waals surface area (Å²) in [4.78, 5) is 21.6. The molecule has 3 aromatic carbocycles. The number of nitrogens with zero attached hydrogens (tertiary/aromatic N) is 3. The molecule has 1 aromatic heterocycles. The lowest BCUT2D eigenvalue weighted by atomic mass is 10.2. The third kappa shape index (κ3) is 3.71. The van der Waals surface area contributed by atoms with E-state index in [9.17, 15) is 4.79 Å². The highest BCUT2D eigenvalue weighted by Gasteiger charge is 2.28. The predicted octanol–water partition coefficient (Wildman–Crippen LogP) is 6.05. The molecule has 0 atom stereocenters. The Morgan fingerprint density at radius 3 is 2.27 bits per heavy atom. The van der Waals surface area contributed by atoms with E-state index in [1.54, 1.807) is 28.8 Å². The molecular formula is C22H15ClN4OS2. The van der Waals surface area contributed by atoms with Crippen molar-refractivity contribution in [3.63, 3.8) is 0 Å². The Hall–Kier alpha value is -2.74. The first-order chi connectivity index (χ1) is 14.7. The summed E-state index contributed by atoms with van der Waals surface area (Å²) >= 11 is 8.93. The maximum atomic E-state index is 13.2. The molecule has 0 unspecified atom stereocenters. The SMILES string of the molecule is O=C(CSc1n[nH]c(-c2ccc(Cl)cc2)n1)N1c2ccccc2Sc2ccccc21. The second kappa shape index (κ2) is 8.18. The van der Waals surface area contributed by atoms with Gasteiger partial charge >= 0.3 is 0 Å². The lowest BCUT2D eigenvalue weighted by Gasteiger charge is -2.30. The molecule has 0 fully saturated rings. The number of nitrogens with one attached hydrogen (secondary N) is 1. The summed E-state index contributed by atoms with van der Waals surface area (Å²) in [6.45, 7) is 0. The monoisotopic (exact) mass is 450 g/mol. The Labute approximate surface area is 186 Å². The zero-order valence-corrected chi connectivity index (χ0v) is 18.0. The number of hydrogen-bond acceptors (Lipinski definition) is 5. The van der Waals surface area contributed by atoms with Crippen LogP contribution in [0.1, 0.15) is 0 Å². The van der Waals surface area contributed by atoms with Gasteiger partial charge in [0.1, 0.15) is 0 Å². The van der Waals surface area contributed by atoms with Crippen LogP contribution in [-0.2, 0) is 4.79 Å². The smallest absolute Gasteiger partial charge is 0.242 e. The van der Waals surface area contributed by atoms with Crippen molar-refractivity contribution >= 4 is 52.4 Å². The Balaban J connectivity index is 1.36. The number of H-pyrrole nitrogens is 1. The number of benzene rings is 3. The number of rotatable bonds is 4. The minimum atomic E-state index is -0.0157. The maximum Gasteiger partial charge on any atom is 0.242 e. The highest BCUT2D eigenvalue weighted by Crippen LogP contribution is 2.48. The number of carbonyl (C=O) groups excluding carboxylic acids is 1. The van der Waals surface area contributed by atoms with E-state index in [4.69, 9.17) is 11.6 Å². The molecular weight excluding hydrogens is 436 g/mol. The standard InChI is InChI=1S/C22H15ClN4OS2/c23-15-11-9-14(10-12-15)21-24-22(26-25-21)29-13-20(28)27-16-5-1-3-7-18(16)30-19-8-4-2-6-17(19)27/h1-12H,13H2,(H,24,25,26). The van der Waals surface area contributed by atoms with Crippen LogP contribution in [0.3, 0.4) is 0 Å². The fourth-order valence-corrected chi connectivity index (χ4v) is 5.04. The number of carbonyl (C=O) groups is 1. The summed E-state index contributed by atoms with van der Waals surface area (Å²) in [5, 5.41) is 8.36. The number of aromatic nitrogens is 3. The maximum absolute atomic E-state index is 13.2. The van der Waals surface area contributed by atoms with Gasteiger partial charge in [-0.25, -0.2) is 4.98 Å². The van der Waals surface area contributed by atoms with Crippen LogP contribution < -0.4 is 4.90 Å². The summed E-state index contributed by atoms with van der Waals surface area (Å²) in [5.74, 6) is 0.857. The van der Waals surface area contributed by atoms with E-state index >= 15 is 0 Å². The molecule has 0 spiro atoms. The zero-order chi connectivity index (χ0) is 20.5. The second-order valence-electron chi connectivity index (χ2n) is 6.53. The Morgan fingerprint density at radius 2 is 1.60 bits per heavy atom. The number of thioether (sulfide) groups is 1. The number of fused-ring (bicyclic) bond motifs is 2. The van der Waals surface area contributed by atoms with Crippen molar-refractivity contribution in [2.75, 3.05) is 10.7 Å². The average Bonchev–Trinajstić information content (AvgIpc) is 3.25. The molecule has 0 radical (unpaired) electrons. The molecule has 0 saturated heterocycles. The number of amides is 1. The highest BCUT2D eigenvalue weighted by atomic mass is 35.5. The van der Waals surface area contributed by atoms with Crippen LogP contribution in [0.5, 0.6) is 0 Å². The average molecular weight is 451 g/mol. The van der Waals surface area contributed by atoms with Gasteiger partial charge in [0, 0.05) is 20.4 Å². The number of hydrogen-bond donors (Lipinski definition) is 1. The Bertz CT molecular complexity index is 1180. The summed E-state index contributed by atoms with van der Waals surface area (Å²) in [5.41, 5.74) is 2.70. The normalized spacial score (nSPS) is 12.4. The number of anilines is 2. The molecule has 148 valence electrons. The van der Waals surface area contributed by atoms with E-state index < -0.39 is 0 Å². The summed E-state index contributed by atoms with van der Waals surface area (Å²) in [7, 11) is 0. The van der Waals surface area contributed by atoms with Crippen LogP contribution in [0.2, 0.25) is 5.02 Å². The van der Waals surface area contributed by atoms with Gasteiger partial charge in [0.25, 0.3) is 0 Å². The molecule has 5 rings (SSSR count). The minimum absolute atomic E-state index is 0.0157. The first kappa shape index (κ1) is 19.2. The van der Waals surface area contributed by atoms with Gasteiger partial charge in [0.2, 0.25) is 11.1 Å². The molecule has 1 amide bonds. The first-order valence-electron chi connectivity index (χ1n) is 9.19. The van der Waals surface area contributed by atoms with Crippen molar-refractivity contribution in [3.05, 3.63) is 77.8 Å². The van der Waals surface area contributed by atoms with Crippen molar-refractivity contribution in [2.45, 2.75) is 14.9 Å². The topological polar surface area (TPSA) is 61.9 Å². The van der Waals surface area contributed by atoms with E-state index in [1.807, 2.05) is 60.7 Å². The largest absolute Gasteiger partial charge is 0.278 e. The molecule has 0 bridgehead atoms. The molecule has 5 nitrogen and oxygen atoms in total. The fraction of sp³-hybridized carbons (Fsp3) is 0.0455. The Kier molecular flexibility index (Phi) is 5.25. The van der Waals surface area contributed by atoms with Crippen LogP contribution in [0, 0.1) is 0 Å². The molecule has 1 aliphatic rings. The van der Waals surface area contributed by atoms with Gasteiger partial charge in [-0.05, 0) is 48.5 Å². The zero-order valence-electron chi connectivity index (χ0n) is 15.6. The highest BCUT2D eigenvalue weighted by molar-refractivity contribution is 8.00. The summed E-state index contributed by atoms with van der Waals surface area (Å²) < 4.78 is 0. The molecule has 4 aromatic rings. The molecule has 2 heterocycles. The number of para-hydroxylation sites is 2. The van der Waals surface area contributed by atoms with E-state index in [-0.39, 0.29) is 11.7 Å². The lowest BCUT2D eigenvalue weighted by molar-refractivity contribution is -0.115. The molecule has 8 heteroatoms. The molecule has 0 aliphatic carbocycles. The fourth-order valence-electron chi connectivity index (χ4n) is 3.21. The summed E-state index contributed by atoms with van der Waals surface area (Å²) in [6.07, 6.45) is 0. The van der Waals surface area contributed by atoms with Crippen molar-refractivity contribution in [3.8, 4) is 11.4 Å². The Morgan fingerprint density at radius 1 is 0.967 bits per heavy atom. The predicted molar refractivity (Wildman–Crippen MR) is 122 cm³/mol. The van der Waals surface area contributed by atoms with Gasteiger partial charge in [-0.2, -0.15) is 0 Å². The van der Waals surface area contributed by atoms with Gasteiger partial charge in [0.05, 0.1) is 17.1 Å².